The molecule has 0 bridgehead atoms. The van der Waals surface area contributed by atoms with Gasteiger partial charge in [-0.1, -0.05) is 0 Å². The fourth-order valence-corrected chi connectivity index (χ4v) is 1.91. The van der Waals surface area contributed by atoms with Crippen molar-refractivity contribution in [3.05, 3.63) is 17.8 Å². The van der Waals surface area contributed by atoms with Gasteiger partial charge in [0.15, 0.2) is 5.37 Å². The molecule has 2 heterocycles. The lowest BCUT2D eigenvalue weighted by Gasteiger charge is -2.35. The van der Waals surface area contributed by atoms with Crippen molar-refractivity contribution in [2.24, 2.45) is 0 Å². The second-order valence-corrected chi connectivity index (χ2v) is 3.40. The number of carbonyl (C=O) groups excluding carboxylic acids is 2. The van der Waals surface area contributed by atoms with E-state index in [2.05, 4.69) is 4.79 Å². The molecule has 12 heavy (non-hydrogen) atoms. The largest absolute Gasteiger partial charge is 0.360 e. The zero-order valence-electron chi connectivity index (χ0n) is 5.80. The molecule has 0 radical (unpaired) electrons. The molecule has 0 N–H and O–H groups in total. The standard InChI is InChI=1S/C6H3N3O2S/c7-8-3-1-2-9-5(11)4(10)6(9)12-3/h1-2,6H/t6-/m0/s1. The van der Waals surface area contributed by atoms with Crippen molar-refractivity contribution in [1.82, 2.24) is 4.90 Å². The van der Waals surface area contributed by atoms with E-state index in [9.17, 15) is 9.59 Å². The fraction of sp³-hybridized carbons (Fsp3) is 0.167. The van der Waals surface area contributed by atoms with Crippen LogP contribution in [0, 0.1) is 0 Å². The van der Waals surface area contributed by atoms with E-state index in [1.807, 2.05) is 0 Å². The Balaban J connectivity index is 2.32. The lowest BCUT2D eigenvalue weighted by Crippen LogP contribution is -2.58. The molecule has 2 rings (SSSR count). The van der Waals surface area contributed by atoms with Crippen LogP contribution in [-0.2, 0) is 9.59 Å². The number of amides is 1. The summed E-state index contributed by atoms with van der Waals surface area (Å²) >= 11 is 1.06. The van der Waals surface area contributed by atoms with Crippen LogP contribution in [0.25, 0.3) is 5.53 Å². The summed E-state index contributed by atoms with van der Waals surface area (Å²) in [5.41, 5.74) is 8.37. The molecule has 0 aromatic rings. The Hall–Kier alpha value is -1.39. The minimum absolute atomic E-state index is 0.345. The summed E-state index contributed by atoms with van der Waals surface area (Å²) in [6.07, 6.45) is 2.92. The molecule has 1 atom stereocenters. The number of ketones is 1. The molecule has 0 unspecified atom stereocenters. The third-order valence-electron chi connectivity index (χ3n) is 1.63. The van der Waals surface area contributed by atoms with E-state index in [-0.39, 0.29) is 0 Å². The summed E-state index contributed by atoms with van der Waals surface area (Å²) in [6, 6.07) is 0. The van der Waals surface area contributed by atoms with Crippen LogP contribution in [0.3, 0.4) is 0 Å². The van der Waals surface area contributed by atoms with Gasteiger partial charge in [0, 0.05) is 6.20 Å². The van der Waals surface area contributed by atoms with Crippen LogP contribution in [0.2, 0.25) is 0 Å². The van der Waals surface area contributed by atoms with Crippen molar-refractivity contribution >= 4 is 28.5 Å². The zero-order valence-corrected chi connectivity index (χ0v) is 6.61. The lowest BCUT2D eigenvalue weighted by atomic mass is 10.2. The fourth-order valence-electron chi connectivity index (χ4n) is 1.01. The highest BCUT2D eigenvalue weighted by atomic mass is 32.2. The second kappa shape index (κ2) is 2.30. The number of hydrogen-bond donors (Lipinski definition) is 0. The van der Waals surface area contributed by atoms with Crippen LogP contribution in [0.1, 0.15) is 0 Å². The molecule has 2 aliphatic rings. The van der Waals surface area contributed by atoms with Crippen LogP contribution in [0.5, 0.6) is 0 Å². The van der Waals surface area contributed by atoms with E-state index in [1.54, 1.807) is 0 Å². The van der Waals surface area contributed by atoms with E-state index < -0.39 is 17.1 Å². The van der Waals surface area contributed by atoms with Gasteiger partial charge >= 0.3 is 5.04 Å². The Labute approximate surface area is 71.7 Å². The van der Waals surface area contributed by atoms with E-state index in [0.717, 1.165) is 11.8 Å². The first kappa shape index (κ1) is 7.27. The Morgan fingerprint density at radius 2 is 2.33 bits per heavy atom. The van der Waals surface area contributed by atoms with Gasteiger partial charge in [-0.15, -0.1) is 0 Å². The number of β-lactam (4-membered cyclic amide) rings is 1. The number of Topliss-reactive ketones (excluding diaryl/α,β-unsaturated/α-hetero) is 1. The highest BCUT2D eigenvalue weighted by Crippen LogP contribution is 2.30. The van der Waals surface area contributed by atoms with Crippen molar-refractivity contribution in [2.45, 2.75) is 5.37 Å². The maximum Gasteiger partial charge on any atom is 0.353 e. The molecule has 60 valence electrons. The third kappa shape index (κ3) is 0.760. The first-order chi connectivity index (χ1) is 5.74. The molecule has 1 amide bonds. The molecule has 0 aromatic heterocycles. The summed E-state index contributed by atoms with van der Waals surface area (Å²) in [4.78, 5) is 25.9. The summed E-state index contributed by atoms with van der Waals surface area (Å²) in [5, 5.41) is -0.162. The van der Waals surface area contributed by atoms with Gasteiger partial charge in [-0.3, -0.25) is 14.5 Å². The molecule has 2 aliphatic heterocycles. The smallest absolute Gasteiger partial charge is 0.353 e. The molecule has 0 aromatic carbocycles. The Bertz CT molecular complexity index is 356. The number of thioether (sulfide) groups is 1. The van der Waals surface area contributed by atoms with Crippen LogP contribution in [-0.4, -0.2) is 31.8 Å². The van der Waals surface area contributed by atoms with Crippen LogP contribution >= 0.6 is 11.8 Å². The number of fused-ring (bicyclic) bond motifs is 1. The normalized spacial score (nSPS) is 26.5. The molecule has 0 aliphatic carbocycles. The Morgan fingerprint density at radius 3 is 3.00 bits per heavy atom. The van der Waals surface area contributed by atoms with Gasteiger partial charge < -0.3 is 5.53 Å². The van der Waals surface area contributed by atoms with Gasteiger partial charge in [-0.05, 0) is 11.8 Å². The first-order valence-electron chi connectivity index (χ1n) is 3.17. The minimum Gasteiger partial charge on any atom is -0.360 e. The number of nitrogens with zero attached hydrogens (tertiary/aromatic N) is 3. The third-order valence-corrected chi connectivity index (χ3v) is 2.75. The lowest BCUT2D eigenvalue weighted by molar-refractivity contribution is -0.153. The molecule has 0 spiro atoms. The Kier molecular flexibility index (Phi) is 1.39. The van der Waals surface area contributed by atoms with Gasteiger partial charge in [-0.2, -0.15) is 4.79 Å². The minimum atomic E-state index is -0.506. The van der Waals surface area contributed by atoms with Crippen molar-refractivity contribution in [1.29, 1.82) is 0 Å². The van der Waals surface area contributed by atoms with Crippen molar-refractivity contribution in [3.63, 3.8) is 0 Å². The van der Waals surface area contributed by atoms with Gasteiger partial charge in [0.05, 0.1) is 6.08 Å². The maximum absolute atomic E-state index is 10.9. The summed E-state index contributed by atoms with van der Waals surface area (Å²) in [7, 11) is 0. The average Bonchev–Trinajstić information content (AvgIpc) is 2.15. The molecular weight excluding hydrogens is 178 g/mol. The number of rotatable bonds is 0. The second-order valence-electron chi connectivity index (χ2n) is 2.30. The highest BCUT2D eigenvalue weighted by molar-refractivity contribution is 8.15. The number of hydrogen-bond acceptors (Lipinski definition) is 3. The van der Waals surface area contributed by atoms with Crippen LogP contribution in [0.15, 0.2) is 12.3 Å². The number of carbonyl (C=O) groups is 2. The molecule has 5 nitrogen and oxygen atoms in total. The maximum atomic E-state index is 10.9. The summed E-state index contributed by atoms with van der Waals surface area (Å²) in [6.45, 7) is 0. The van der Waals surface area contributed by atoms with Crippen molar-refractivity contribution in [3.8, 4) is 0 Å². The van der Waals surface area contributed by atoms with E-state index >= 15 is 0 Å². The highest BCUT2D eigenvalue weighted by Gasteiger charge is 2.49. The van der Waals surface area contributed by atoms with E-state index in [4.69, 9.17) is 5.53 Å². The van der Waals surface area contributed by atoms with Gasteiger partial charge in [0.1, 0.15) is 0 Å². The van der Waals surface area contributed by atoms with Crippen LogP contribution in [0.4, 0.5) is 0 Å². The van der Waals surface area contributed by atoms with Gasteiger partial charge in [0.2, 0.25) is 0 Å². The predicted molar refractivity (Wildman–Crippen MR) is 41.0 cm³/mol. The first-order valence-corrected chi connectivity index (χ1v) is 4.05. The van der Waals surface area contributed by atoms with Crippen molar-refractivity contribution in [2.75, 3.05) is 0 Å². The predicted octanol–water partition coefficient (Wildman–Crippen LogP) is -0.387. The monoisotopic (exact) mass is 181 g/mol. The van der Waals surface area contributed by atoms with Gasteiger partial charge in [0.25, 0.3) is 11.7 Å². The topological polar surface area (TPSA) is 73.8 Å². The average molecular weight is 181 g/mol. The van der Waals surface area contributed by atoms with Crippen molar-refractivity contribution < 1.29 is 14.4 Å². The molecule has 1 fully saturated rings. The molecular formula is C6H3N3O2S. The molecule has 1 saturated heterocycles. The summed E-state index contributed by atoms with van der Waals surface area (Å²) in [5.74, 6) is -0.939. The van der Waals surface area contributed by atoms with E-state index in [0.29, 0.717) is 5.04 Å². The van der Waals surface area contributed by atoms with Crippen LogP contribution < -0.4 is 0 Å². The SMILES string of the molecule is [N-]=[N+]=C1C=CN2C(=O)C(=O)[C@@H]2S1. The zero-order chi connectivity index (χ0) is 8.72. The molecule has 6 heteroatoms. The quantitative estimate of drug-likeness (QED) is 0.221. The summed E-state index contributed by atoms with van der Waals surface area (Å²) < 4.78 is 0. The molecule has 0 saturated carbocycles. The van der Waals surface area contributed by atoms with Gasteiger partial charge in [-0.25, -0.2) is 0 Å². The van der Waals surface area contributed by atoms with E-state index in [1.165, 1.54) is 17.2 Å². The Morgan fingerprint density at radius 1 is 1.58 bits per heavy atom.